The van der Waals surface area contributed by atoms with E-state index in [1.54, 1.807) is 35.4 Å². The van der Waals surface area contributed by atoms with Crippen LogP contribution < -0.4 is 15.4 Å². The largest absolute Gasteiger partial charge is 0.491 e. The first-order valence-electron chi connectivity index (χ1n) is 12.1. The van der Waals surface area contributed by atoms with Crippen LogP contribution >= 0.6 is 0 Å². The Balaban J connectivity index is 1.39. The summed E-state index contributed by atoms with van der Waals surface area (Å²) in [7, 11) is 0. The second kappa shape index (κ2) is 10.2. The van der Waals surface area contributed by atoms with Crippen LogP contribution in [0.2, 0.25) is 0 Å². The van der Waals surface area contributed by atoms with Gasteiger partial charge in [-0.1, -0.05) is 18.2 Å². The Labute approximate surface area is 208 Å². The quantitative estimate of drug-likeness (QED) is 0.573. The number of nitrogens with one attached hydrogen (secondary N) is 2. The van der Waals surface area contributed by atoms with Crippen LogP contribution in [0.4, 0.5) is 0 Å². The fraction of sp³-hybridized carbons (Fsp3) is 0.333. The van der Waals surface area contributed by atoms with Gasteiger partial charge in [0.2, 0.25) is 5.91 Å². The molecule has 36 heavy (non-hydrogen) atoms. The van der Waals surface area contributed by atoms with Gasteiger partial charge in [-0.15, -0.1) is 0 Å². The number of benzene rings is 2. The smallest absolute Gasteiger partial charge is 0.254 e. The van der Waals surface area contributed by atoms with Crippen LogP contribution in [0.25, 0.3) is 11.3 Å². The number of fused-ring (bicyclic) bond motifs is 4. The molecule has 186 valence electrons. The van der Waals surface area contributed by atoms with E-state index in [1.807, 2.05) is 25.1 Å². The van der Waals surface area contributed by atoms with Gasteiger partial charge in [0.05, 0.1) is 12.7 Å². The molecule has 2 aliphatic rings. The predicted octanol–water partition coefficient (Wildman–Crippen LogP) is 2.95. The molecular weight excluding hydrogens is 460 g/mol. The maximum atomic E-state index is 13.6. The first-order chi connectivity index (χ1) is 17.5. The lowest BCUT2D eigenvalue weighted by atomic mass is 10.1. The predicted molar refractivity (Wildman–Crippen MR) is 132 cm³/mol. The highest BCUT2D eigenvalue weighted by atomic mass is 16.5. The van der Waals surface area contributed by atoms with E-state index in [9.17, 15) is 14.4 Å². The Bertz CT molecular complexity index is 1260. The number of rotatable bonds is 2. The van der Waals surface area contributed by atoms with Crippen LogP contribution in [0.5, 0.6) is 5.75 Å². The Hall–Kier alpha value is -4.14. The lowest BCUT2D eigenvalue weighted by Crippen LogP contribution is -2.47. The van der Waals surface area contributed by atoms with Crippen molar-refractivity contribution in [2.45, 2.75) is 38.3 Å². The van der Waals surface area contributed by atoms with Gasteiger partial charge in [-0.05, 0) is 49.6 Å². The normalized spacial score (nSPS) is 20.5. The maximum Gasteiger partial charge on any atom is 0.254 e. The molecule has 1 saturated heterocycles. The summed E-state index contributed by atoms with van der Waals surface area (Å²) in [6.45, 7) is 2.82. The maximum absolute atomic E-state index is 13.6. The van der Waals surface area contributed by atoms with Gasteiger partial charge in [-0.25, -0.2) is 4.98 Å². The third-order valence-electron chi connectivity index (χ3n) is 6.75. The number of carbonyl (C=O) groups excluding carboxylic acids is 3. The number of hydrogen-bond donors (Lipinski definition) is 2. The molecule has 0 spiro atoms. The van der Waals surface area contributed by atoms with E-state index in [2.05, 4.69) is 15.6 Å². The van der Waals surface area contributed by atoms with E-state index in [1.165, 1.54) is 6.39 Å². The highest BCUT2D eigenvalue weighted by Crippen LogP contribution is 2.29. The topological polar surface area (TPSA) is 114 Å². The van der Waals surface area contributed by atoms with Crippen LogP contribution in [0.15, 0.2) is 59.5 Å². The monoisotopic (exact) mass is 488 g/mol. The third-order valence-corrected chi connectivity index (χ3v) is 6.75. The zero-order valence-corrected chi connectivity index (χ0v) is 20.0. The Morgan fingerprint density at radius 1 is 1.03 bits per heavy atom. The van der Waals surface area contributed by atoms with Crippen LogP contribution in [0, 0.1) is 6.92 Å². The standard InChI is InChI=1S/C27H28N4O5/c1-17-2-3-20-12-23(17)35-11-10-29-25(32)13-21-8-9-22(14-30-26(20)33)31(21)27(34)19-6-4-18(5-7-19)24-15-28-16-36-24/h2-7,12,15-16,21-22H,8-11,13-14H2,1H3,(H,29,32)(H,30,33)/t21-,22+/m0/s1. The summed E-state index contributed by atoms with van der Waals surface area (Å²) in [4.78, 5) is 44.9. The van der Waals surface area contributed by atoms with Crippen LogP contribution in [-0.2, 0) is 4.79 Å². The molecule has 0 unspecified atom stereocenters. The third kappa shape index (κ3) is 4.95. The second-order valence-corrected chi connectivity index (χ2v) is 9.13. The number of oxazole rings is 1. The molecule has 2 atom stereocenters. The van der Waals surface area contributed by atoms with Gasteiger partial charge in [0.15, 0.2) is 12.2 Å². The molecule has 4 bridgehead atoms. The fourth-order valence-corrected chi connectivity index (χ4v) is 4.83. The van der Waals surface area contributed by atoms with Gasteiger partial charge in [0.25, 0.3) is 11.8 Å². The molecule has 0 aliphatic carbocycles. The molecule has 0 saturated carbocycles. The molecule has 1 fully saturated rings. The van der Waals surface area contributed by atoms with Gasteiger partial charge in [0, 0.05) is 41.7 Å². The molecule has 3 heterocycles. The van der Waals surface area contributed by atoms with Crippen molar-refractivity contribution in [2.24, 2.45) is 0 Å². The van der Waals surface area contributed by atoms with Crippen molar-refractivity contribution in [1.82, 2.24) is 20.5 Å². The highest BCUT2D eigenvalue weighted by Gasteiger charge is 2.38. The molecule has 9 heteroatoms. The van der Waals surface area contributed by atoms with Crippen molar-refractivity contribution in [2.75, 3.05) is 19.7 Å². The number of aromatic nitrogens is 1. The number of amides is 3. The van der Waals surface area contributed by atoms with Crippen molar-refractivity contribution in [1.29, 1.82) is 0 Å². The molecule has 2 N–H and O–H groups in total. The van der Waals surface area contributed by atoms with E-state index in [4.69, 9.17) is 9.15 Å². The molecule has 2 aromatic carbocycles. The minimum absolute atomic E-state index is 0.132. The van der Waals surface area contributed by atoms with Crippen LogP contribution in [-0.4, -0.2) is 59.4 Å². The molecule has 2 aliphatic heterocycles. The number of aryl methyl sites for hydroxylation is 1. The van der Waals surface area contributed by atoms with Crippen molar-refractivity contribution in [3.05, 3.63) is 71.7 Å². The lowest BCUT2D eigenvalue weighted by Gasteiger charge is -2.30. The zero-order chi connectivity index (χ0) is 25.1. The van der Waals surface area contributed by atoms with E-state index >= 15 is 0 Å². The summed E-state index contributed by atoms with van der Waals surface area (Å²) in [6.07, 6.45) is 4.55. The highest BCUT2D eigenvalue weighted by molar-refractivity contribution is 5.96. The van der Waals surface area contributed by atoms with Crippen molar-refractivity contribution < 1.29 is 23.5 Å². The molecule has 0 radical (unpaired) electrons. The Morgan fingerprint density at radius 3 is 2.58 bits per heavy atom. The van der Waals surface area contributed by atoms with Crippen LogP contribution in [0.3, 0.4) is 0 Å². The number of ether oxygens (including phenoxy) is 1. The summed E-state index contributed by atoms with van der Waals surface area (Å²) in [6, 6.07) is 11.9. The van der Waals surface area contributed by atoms with Crippen molar-refractivity contribution >= 4 is 17.7 Å². The van der Waals surface area contributed by atoms with Crippen molar-refractivity contribution in [3.8, 4) is 17.1 Å². The van der Waals surface area contributed by atoms with Crippen molar-refractivity contribution in [3.63, 3.8) is 0 Å². The summed E-state index contributed by atoms with van der Waals surface area (Å²) in [5.41, 5.74) is 2.73. The van der Waals surface area contributed by atoms with Gasteiger partial charge >= 0.3 is 0 Å². The van der Waals surface area contributed by atoms with Gasteiger partial charge < -0.3 is 24.7 Å². The lowest BCUT2D eigenvalue weighted by molar-refractivity contribution is -0.122. The Morgan fingerprint density at radius 2 is 1.81 bits per heavy atom. The van der Waals surface area contributed by atoms with Gasteiger partial charge in [-0.3, -0.25) is 14.4 Å². The zero-order valence-electron chi connectivity index (χ0n) is 20.0. The molecular formula is C27H28N4O5. The number of hydrogen-bond acceptors (Lipinski definition) is 6. The molecule has 3 aromatic rings. The molecule has 1 aromatic heterocycles. The van der Waals surface area contributed by atoms with E-state index in [0.717, 1.165) is 11.1 Å². The van der Waals surface area contributed by atoms with E-state index in [0.29, 0.717) is 48.6 Å². The summed E-state index contributed by atoms with van der Waals surface area (Å²) in [5.74, 6) is 0.701. The fourth-order valence-electron chi connectivity index (χ4n) is 4.83. The Kier molecular flexibility index (Phi) is 6.71. The van der Waals surface area contributed by atoms with Gasteiger partial charge in [0.1, 0.15) is 12.4 Å². The summed E-state index contributed by atoms with van der Waals surface area (Å²) in [5, 5.41) is 5.87. The van der Waals surface area contributed by atoms with Gasteiger partial charge in [-0.2, -0.15) is 0 Å². The van der Waals surface area contributed by atoms with E-state index in [-0.39, 0.29) is 42.8 Å². The average molecular weight is 489 g/mol. The molecule has 9 nitrogen and oxygen atoms in total. The van der Waals surface area contributed by atoms with E-state index < -0.39 is 0 Å². The minimum Gasteiger partial charge on any atom is -0.491 e. The van der Waals surface area contributed by atoms with Crippen LogP contribution in [0.1, 0.15) is 45.5 Å². The number of carbonyl (C=O) groups is 3. The SMILES string of the molecule is Cc1ccc2cc1OCCNC(=O)C[C@@H]1CC[C@H](CNC2=O)N1C(=O)c1ccc(-c2cnco2)cc1. The second-order valence-electron chi connectivity index (χ2n) is 9.13. The average Bonchev–Trinajstić information content (AvgIpc) is 3.56. The first kappa shape index (κ1) is 23.6. The minimum atomic E-state index is -0.261. The first-order valence-corrected chi connectivity index (χ1v) is 12.1. The summed E-state index contributed by atoms with van der Waals surface area (Å²) < 4.78 is 11.1. The number of nitrogens with zero attached hydrogens (tertiary/aromatic N) is 2. The molecule has 3 amide bonds. The molecule has 5 rings (SSSR count). The summed E-state index contributed by atoms with van der Waals surface area (Å²) >= 11 is 0.